The van der Waals surface area contributed by atoms with Gasteiger partial charge in [0, 0.05) is 12.2 Å². The molecular formula is C12H19O7P. The van der Waals surface area contributed by atoms with Crippen LogP contribution in [0.2, 0.25) is 0 Å². The molecule has 8 heteroatoms. The lowest BCUT2D eigenvalue weighted by Crippen LogP contribution is -2.19. The molecular weight excluding hydrogens is 287 g/mol. The summed E-state index contributed by atoms with van der Waals surface area (Å²) < 4.78 is 25.8. The van der Waals surface area contributed by atoms with Gasteiger partial charge in [-0.15, -0.1) is 0 Å². The highest BCUT2D eigenvalue weighted by Crippen LogP contribution is 2.41. The summed E-state index contributed by atoms with van der Waals surface area (Å²) in [6, 6.07) is 0. The molecule has 0 saturated heterocycles. The van der Waals surface area contributed by atoms with Crippen molar-refractivity contribution >= 4 is 19.5 Å². The summed E-state index contributed by atoms with van der Waals surface area (Å²) in [6.07, 6.45) is 2.65. The molecule has 2 atom stereocenters. The van der Waals surface area contributed by atoms with Crippen molar-refractivity contribution in [1.82, 2.24) is 0 Å². The number of carbonyl (C=O) groups excluding carboxylic acids is 2. The van der Waals surface area contributed by atoms with Crippen molar-refractivity contribution in [1.29, 1.82) is 0 Å². The number of rotatable bonds is 9. The van der Waals surface area contributed by atoms with E-state index in [1.54, 1.807) is 6.92 Å². The fraction of sp³-hybridized carbons (Fsp3) is 0.500. The summed E-state index contributed by atoms with van der Waals surface area (Å²) in [5.74, 6) is -1.24. The third kappa shape index (κ3) is 9.49. The van der Waals surface area contributed by atoms with Gasteiger partial charge < -0.3 is 18.9 Å². The van der Waals surface area contributed by atoms with Crippen LogP contribution in [0.25, 0.3) is 0 Å². The fourth-order valence-electron chi connectivity index (χ4n) is 1.01. The van der Waals surface area contributed by atoms with Crippen LogP contribution < -0.4 is 0 Å². The van der Waals surface area contributed by atoms with Gasteiger partial charge in [0.2, 0.25) is 0 Å². The van der Waals surface area contributed by atoms with Crippen LogP contribution in [0.4, 0.5) is 0 Å². The van der Waals surface area contributed by atoms with Crippen molar-refractivity contribution in [2.45, 2.75) is 20.0 Å². The molecule has 0 heterocycles. The van der Waals surface area contributed by atoms with Crippen LogP contribution in [0.3, 0.4) is 0 Å². The number of carbonyl (C=O) groups is 2. The van der Waals surface area contributed by atoms with Crippen LogP contribution in [0.15, 0.2) is 24.8 Å². The monoisotopic (exact) mass is 306 g/mol. The Bertz CT molecular complexity index is 416. The zero-order chi connectivity index (χ0) is 15.6. The van der Waals surface area contributed by atoms with Crippen molar-refractivity contribution in [2.24, 2.45) is 0 Å². The van der Waals surface area contributed by atoms with Gasteiger partial charge in [0.25, 0.3) is 0 Å². The quantitative estimate of drug-likeness (QED) is 0.391. The van der Waals surface area contributed by atoms with E-state index in [4.69, 9.17) is 9.26 Å². The summed E-state index contributed by atoms with van der Waals surface area (Å²) >= 11 is 0. The Morgan fingerprint density at radius 2 is 2.05 bits per heavy atom. The molecule has 114 valence electrons. The predicted octanol–water partition coefficient (Wildman–Crippen LogP) is 1.43. The highest BCUT2D eigenvalue weighted by Gasteiger charge is 2.21. The molecule has 0 aliphatic rings. The molecule has 0 aromatic heterocycles. The molecule has 0 amide bonds. The van der Waals surface area contributed by atoms with Crippen LogP contribution in [-0.2, 0) is 28.2 Å². The molecule has 1 N–H and O–H groups in total. The molecule has 20 heavy (non-hydrogen) atoms. The van der Waals surface area contributed by atoms with E-state index >= 15 is 0 Å². The third-order valence-electron chi connectivity index (χ3n) is 1.92. The van der Waals surface area contributed by atoms with Crippen molar-refractivity contribution < 1.29 is 33.0 Å². The molecule has 0 radical (unpaired) electrons. The lowest BCUT2D eigenvalue weighted by Gasteiger charge is -2.16. The summed E-state index contributed by atoms with van der Waals surface area (Å²) in [5, 5.41) is 0. The second-order valence-electron chi connectivity index (χ2n) is 3.78. The minimum absolute atomic E-state index is 0.238. The molecule has 2 unspecified atom stereocenters. The first-order valence-corrected chi connectivity index (χ1v) is 7.66. The Labute approximate surface area is 117 Å². The van der Waals surface area contributed by atoms with E-state index in [0.717, 1.165) is 6.08 Å². The Hall–Kier alpha value is -1.43. The predicted molar refractivity (Wildman–Crippen MR) is 72.2 cm³/mol. The van der Waals surface area contributed by atoms with Gasteiger partial charge in [-0.25, -0.2) is 9.59 Å². The van der Waals surface area contributed by atoms with Gasteiger partial charge >= 0.3 is 19.5 Å². The van der Waals surface area contributed by atoms with E-state index in [0.29, 0.717) is 0 Å². The topological polar surface area (TPSA) is 99.1 Å². The van der Waals surface area contributed by atoms with Gasteiger partial charge in [0.1, 0.15) is 12.7 Å². The molecule has 0 aromatic rings. The zero-order valence-corrected chi connectivity index (χ0v) is 12.4. The maximum atomic E-state index is 11.6. The highest BCUT2D eigenvalue weighted by molar-refractivity contribution is 7.52. The van der Waals surface area contributed by atoms with Gasteiger partial charge in [0.05, 0.1) is 12.8 Å². The van der Waals surface area contributed by atoms with Crippen LogP contribution in [-0.4, -0.2) is 42.3 Å². The van der Waals surface area contributed by atoms with Crippen LogP contribution in [0.1, 0.15) is 13.8 Å². The maximum absolute atomic E-state index is 11.6. The molecule has 0 fully saturated rings. The average molecular weight is 306 g/mol. The molecule has 0 aliphatic heterocycles. The van der Waals surface area contributed by atoms with Gasteiger partial charge in [-0.2, -0.15) is 0 Å². The van der Waals surface area contributed by atoms with Crippen molar-refractivity contribution in [3.63, 3.8) is 0 Å². The second kappa shape index (κ2) is 9.47. The molecule has 0 spiro atoms. The first kappa shape index (κ1) is 18.6. The van der Waals surface area contributed by atoms with Gasteiger partial charge in [-0.3, -0.25) is 4.57 Å². The molecule has 0 aromatic carbocycles. The summed E-state index contributed by atoms with van der Waals surface area (Å²) in [6.45, 7) is 5.90. The van der Waals surface area contributed by atoms with E-state index < -0.39 is 25.6 Å². The first-order chi connectivity index (χ1) is 9.30. The molecule has 0 saturated carbocycles. The molecule has 0 rings (SSSR count). The number of ether oxygens (including phenoxy) is 2. The lowest BCUT2D eigenvalue weighted by molar-refractivity contribution is -0.143. The largest absolute Gasteiger partial charge is 0.462 e. The fourth-order valence-corrected chi connectivity index (χ4v) is 1.91. The normalized spacial score (nSPS) is 15.3. The van der Waals surface area contributed by atoms with E-state index in [1.807, 2.05) is 0 Å². The minimum Gasteiger partial charge on any atom is -0.462 e. The smallest absolute Gasteiger partial charge is 0.331 e. The Morgan fingerprint density at radius 1 is 1.40 bits per heavy atom. The third-order valence-corrected chi connectivity index (χ3v) is 3.22. The molecule has 7 nitrogen and oxygen atoms in total. The summed E-state index contributed by atoms with van der Waals surface area (Å²) in [5.41, 5.74) is 0. The Balaban J connectivity index is 4.00. The van der Waals surface area contributed by atoms with E-state index in [2.05, 4.69) is 11.3 Å². The molecule has 0 bridgehead atoms. The number of esters is 2. The second-order valence-corrected chi connectivity index (χ2v) is 5.76. The van der Waals surface area contributed by atoms with Crippen LogP contribution in [0, 0.1) is 0 Å². The molecule has 0 aliphatic carbocycles. The van der Waals surface area contributed by atoms with E-state index in [1.165, 1.54) is 19.1 Å². The average Bonchev–Trinajstić information content (AvgIpc) is 2.36. The first-order valence-electron chi connectivity index (χ1n) is 5.89. The number of hydrogen-bond acceptors (Lipinski definition) is 6. The number of allylic oxidation sites excluding steroid dienone is 1. The Kier molecular flexibility index (Phi) is 8.79. The lowest BCUT2D eigenvalue weighted by atomic mass is 10.4. The van der Waals surface area contributed by atoms with Gasteiger partial charge in [-0.05, 0) is 13.8 Å². The zero-order valence-electron chi connectivity index (χ0n) is 11.5. The summed E-state index contributed by atoms with van der Waals surface area (Å²) in [7, 11) is -3.89. The van der Waals surface area contributed by atoms with E-state index in [9.17, 15) is 19.0 Å². The van der Waals surface area contributed by atoms with Crippen molar-refractivity contribution in [3.05, 3.63) is 24.8 Å². The summed E-state index contributed by atoms with van der Waals surface area (Å²) in [4.78, 5) is 31.3. The van der Waals surface area contributed by atoms with Crippen LogP contribution in [0.5, 0.6) is 0 Å². The highest BCUT2D eigenvalue weighted by atomic mass is 31.2. The van der Waals surface area contributed by atoms with Crippen LogP contribution >= 0.6 is 7.60 Å². The minimum atomic E-state index is -3.89. The van der Waals surface area contributed by atoms with Gasteiger partial charge in [0.15, 0.2) is 0 Å². The van der Waals surface area contributed by atoms with Crippen molar-refractivity contribution in [2.75, 3.05) is 19.4 Å². The maximum Gasteiger partial charge on any atom is 0.331 e. The Morgan fingerprint density at radius 3 is 2.60 bits per heavy atom. The van der Waals surface area contributed by atoms with E-state index in [-0.39, 0.29) is 19.4 Å². The standard InChI is InChI=1S/C12H19O7P/c1-4-6-12(14)17-7-8-20(15,16)18-9-10(3)19-11(13)5-2/h4-6,10H,2,7-9H2,1,3H3,(H,15,16). The van der Waals surface area contributed by atoms with Gasteiger partial charge in [-0.1, -0.05) is 12.7 Å². The SMILES string of the molecule is C=CC(=O)OC(C)COP(=O)(O)CCOC(=O)C=CC. The number of hydrogen-bond donors (Lipinski definition) is 1. The van der Waals surface area contributed by atoms with Crippen molar-refractivity contribution in [3.8, 4) is 0 Å².